The van der Waals surface area contributed by atoms with E-state index in [9.17, 15) is 4.79 Å². The third-order valence-electron chi connectivity index (χ3n) is 5.07. The van der Waals surface area contributed by atoms with E-state index in [-0.39, 0.29) is 12.0 Å². The number of nitrogens with zero attached hydrogens (tertiary/aromatic N) is 2. The molecule has 1 unspecified atom stereocenters. The zero-order valence-corrected chi connectivity index (χ0v) is 17.2. The summed E-state index contributed by atoms with van der Waals surface area (Å²) in [6.45, 7) is 4.24. The third-order valence-corrected chi connectivity index (χ3v) is 5.07. The predicted octanol–water partition coefficient (Wildman–Crippen LogP) is 3.21. The monoisotopic (exact) mass is 406 g/mol. The number of methoxy groups -OCH3 is 1. The van der Waals surface area contributed by atoms with Crippen molar-refractivity contribution < 1.29 is 14.3 Å². The van der Waals surface area contributed by atoms with Gasteiger partial charge in [0.1, 0.15) is 18.2 Å². The lowest BCUT2D eigenvalue weighted by atomic mass is 10.1. The molecule has 0 saturated carbocycles. The van der Waals surface area contributed by atoms with E-state index in [0.29, 0.717) is 6.61 Å². The fourth-order valence-electron chi connectivity index (χ4n) is 3.59. The molecule has 4 rings (SSSR count). The average Bonchev–Trinajstić information content (AvgIpc) is 3.18. The van der Waals surface area contributed by atoms with Crippen molar-refractivity contribution in [1.82, 2.24) is 14.9 Å². The Kier molecular flexibility index (Phi) is 6.11. The quantitative estimate of drug-likeness (QED) is 0.630. The van der Waals surface area contributed by atoms with E-state index in [4.69, 9.17) is 14.5 Å². The highest BCUT2D eigenvalue weighted by Crippen LogP contribution is 2.30. The van der Waals surface area contributed by atoms with Crippen molar-refractivity contribution in [3.63, 3.8) is 0 Å². The molecule has 1 atom stereocenters. The van der Waals surface area contributed by atoms with Gasteiger partial charge in [0.15, 0.2) is 0 Å². The zero-order valence-electron chi connectivity index (χ0n) is 17.2. The molecule has 0 saturated heterocycles. The summed E-state index contributed by atoms with van der Waals surface area (Å²) in [7, 11) is 1.67. The third kappa shape index (κ3) is 4.69. The van der Waals surface area contributed by atoms with Gasteiger partial charge in [0.25, 0.3) is 0 Å². The van der Waals surface area contributed by atoms with Crippen LogP contribution in [0.25, 0.3) is 11.3 Å². The van der Waals surface area contributed by atoms with Crippen molar-refractivity contribution in [2.24, 2.45) is 0 Å². The van der Waals surface area contributed by atoms with Crippen LogP contribution in [0.4, 0.5) is 5.69 Å². The van der Waals surface area contributed by atoms with E-state index in [0.717, 1.165) is 53.7 Å². The van der Waals surface area contributed by atoms with Crippen LogP contribution in [0.5, 0.6) is 5.75 Å². The van der Waals surface area contributed by atoms with Gasteiger partial charge in [-0.2, -0.15) is 0 Å². The standard InChI is InChI=1S/C23H26N4O3/c1-16(28)25-18-9-7-17(8-10-18)11-24-12-19-13-27-14-21(26-23(27)15-30-19)20-5-3-4-6-22(20)29-2/h3-10,14,19,24H,11-13,15H2,1-2H3,(H,25,28). The second-order valence-electron chi connectivity index (χ2n) is 7.34. The fourth-order valence-corrected chi connectivity index (χ4v) is 3.59. The highest BCUT2D eigenvalue weighted by Gasteiger charge is 2.22. The smallest absolute Gasteiger partial charge is 0.221 e. The molecule has 7 heteroatoms. The number of carbonyl (C=O) groups excluding carboxylic acids is 1. The Morgan fingerprint density at radius 1 is 1.23 bits per heavy atom. The Morgan fingerprint density at radius 2 is 2.03 bits per heavy atom. The number of aromatic nitrogens is 2. The first-order valence-electron chi connectivity index (χ1n) is 10.0. The molecule has 2 aromatic carbocycles. The molecule has 156 valence electrons. The van der Waals surface area contributed by atoms with Crippen molar-refractivity contribution >= 4 is 11.6 Å². The van der Waals surface area contributed by atoms with E-state index in [2.05, 4.69) is 21.4 Å². The molecular weight excluding hydrogens is 380 g/mol. The van der Waals surface area contributed by atoms with Gasteiger partial charge in [-0.05, 0) is 29.8 Å². The number of amides is 1. The number of rotatable bonds is 7. The van der Waals surface area contributed by atoms with Crippen molar-refractivity contribution in [3.8, 4) is 17.0 Å². The minimum atomic E-state index is -0.0666. The minimum Gasteiger partial charge on any atom is -0.496 e. The molecule has 1 amide bonds. The summed E-state index contributed by atoms with van der Waals surface area (Å²) in [4.78, 5) is 15.8. The maximum absolute atomic E-state index is 11.1. The van der Waals surface area contributed by atoms with Crippen LogP contribution in [0, 0.1) is 0 Å². The molecule has 2 heterocycles. The first-order valence-corrected chi connectivity index (χ1v) is 10.0. The molecular formula is C23H26N4O3. The van der Waals surface area contributed by atoms with Crippen molar-refractivity contribution in [3.05, 3.63) is 66.1 Å². The number of carbonyl (C=O) groups is 1. The van der Waals surface area contributed by atoms with Crippen LogP contribution in [-0.4, -0.2) is 35.2 Å². The highest BCUT2D eigenvalue weighted by molar-refractivity contribution is 5.88. The van der Waals surface area contributed by atoms with Gasteiger partial charge in [0, 0.05) is 37.5 Å². The largest absolute Gasteiger partial charge is 0.496 e. The Labute approximate surface area is 176 Å². The molecule has 0 fully saturated rings. The normalized spacial score (nSPS) is 15.5. The van der Waals surface area contributed by atoms with Crippen molar-refractivity contribution in [2.45, 2.75) is 32.7 Å². The van der Waals surface area contributed by atoms with Gasteiger partial charge in [-0.3, -0.25) is 4.79 Å². The summed E-state index contributed by atoms with van der Waals surface area (Å²) in [5.41, 5.74) is 3.85. The second-order valence-corrected chi connectivity index (χ2v) is 7.34. The van der Waals surface area contributed by atoms with Crippen molar-refractivity contribution in [2.75, 3.05) is 19.0 Å². The SMILES string of the molecule is COc1ccccc1-c1cn2c(n1)COC(CNCc1ccc(NC(C)=O)cc1)C2. The van der Waals surface area contributed by atoms with Crippen LogP contribution in [0.1, 0.15) is 18.3 Å². The number of para-hydroxylation sites is 1. The van der Waals surface area contributed by atoms with Crippen LogP contribution < -0.4 is 15.4 Å². The molecule has 0 radical (unpaired) electrons. The van der Waals surface area contributed by atoms with Gasteiger partial charge in [0.05, 0.1) is 25.5 Å². The van der Waals surface area contributed by atoms with Gasteiger partial charge < -0.3 is 24.7 Å². The lowest BCUT2D eigenvalue weighted by Gasteiger charge is -2.24. The molecule has 1 aliphatic heterocycles. The van der Waals surface area contributed by atoms with Crippen LogP contribution in [0.3, 0.4) is 0 Å². The number of fused-ring (bicyclic) bond motifs is 1. The molecule has 30 heavy (non-hydrogen) atoms. The second kappa shape index (κ2) is 9.11. The lowest BCUT2D eigenvalue weighted by Crippen LogP contribution is -2.35. The zero-order chi connectivity index (χ0) is 20.9. The topological polar surface area (TPSA) is 77.4 Å². The fraction of sp³-hybridized carbons (Fsp3) is 0.304. The van der Waals surface area contributed by atoms with E-state index in [1.54, 1.807) is 7.11 Å². The van der Waals surface area contributed by atoms with Gasteiger partial charge in [-0.15, -0.1) is 0 Å². The summed E-state index contributed by atoms with van der Waals surface area (Å²) in [5, 5.41) is 6.23. The van der Waals surface area contributed by atoms with Crippen LogP contribution >= 0.6 is 0 Å². The number of benzene rings is 2. The number of hydrogen-bond donors (Lipinski definition) is 2. The number of imidazole rings is 1. The summed E-state index contributed by atoms with van der Waals surface area (Å²) >= 11 is 0. The van der Waals surface area contributed by atoms with E-state index >= 15 is 0 Å². The number of nitrogens with one attached hydrogen (secondary N) is 2. The summed E-state index contributed by atoms with van der Waals surface area (Å²) in [6.07, 6.45) is 2.15. The van der Waals surface area contributed by atoms with Gasteiger partial charge in [0.2, 0.25) is 5.91 Å². The average molecular weight is 406 g/mol. The Morgan fingerprint density at radius 3 is 2.80 bits per heavy atom. The van der Waals surface area contributed by atoms with E-state index in [1.807, 2.05) is 48.5 Å². The van der Waals surface area contributed by atoms with Crippen LogP contribution in [-0.2, 0) is 29.2 Å². The minimum absolute atomic E-state index is 0.0666. The van der Waals surface area contributed by atoms with Crippen LogP contribution in [0.2, 0.25) is 0 Å². The molecule has 0 bridgehead atoms. The molecule has 1 aliphatic rings. The summed E-state index contributed by atoms with van der Waals surface area (Å²) in [6, 6.07) is 15.7. The summed E-state index contributed by atoms with van der Waals surface area (Å²) < 4.78 is 13.6. The van der Waals surface area contributed by atoms with E-state index < -0.39 is 0 Å². The molecule has 3 aromatic rings. The van der Waals surface area contributed by atoms with Gasteiger partial charge >= 0.3 is 0 Å². The first kappa shape index (κ1) is 20.1. The summed E-state index contributed by atoms with van der Waals surface area (Å²) in [5.74, 6) is 1.68. The molecule has 0 aliphatic carbocycles. The Hall–Kier alpha value is -3.16. The van der Waals surface area contributed by atoms with Gasteiger partial charge in [-0.25, -0.2) is 4.98 Å². The Balaban J connectivity index is 1.32. The van der Waals surface area contributed by atoms with Gasteiger partial charge in [-0.1, -0.05) is 24.3 Å². The Bertz CT molecular complexity index is 1010. The molecule has 1 aromatic heterocycles. The number of anilines is 1. The highest BCUT2D eigenvalue weighted by atomic mass is 16.5. The molecule has 2 N–H and O–H groups in total. The predicted molar refractivity (Wildman–Crippen MR) is 115 cm³/mol. The first-order chi connectivity index (χ1) is 14.6. The molecule has 0 spiro atoms. The lowest BCUT2D eigenvalue weighted by molar-refractivity contribution is -0.114. The maximum Gasteiger partial charge on any atom is 0.221 e. The van der Waals surface area contributed by atoms with Crippen molar-refractivity contribution in [1.29, 1.82) is 0 Å². The number of hydrogen-bond acceptors (Lipinski definition) is 5. The van der Waals surface area contributed by atoms with Crippen LogP contribution in [0.15, 0.2) is 54.7 Å². The number of ether oxygens (including phenoxy) is 2. The maximum atomic E-state index is 11.1. The van der Waals surface area contributed by atoms with E-state index in [1.165, 1.54) is 6.92 Å². The molecule has 7 nitrogen and oxygen atoms in total.